The van der Waals surface area contributed by atoms with Crippen molar-refractivity contribution in [2.24, 2.45) is 0 Å². The van der Waals surface area contributed by atoms with Gasteiger partial charge in [0, 0.05) is 19.2 Å². The Morgan fingerprint density at radius 2 is 1.62 bits per heavy atom. The maximum absolute atomic E-state index is 14.0. The number of anilines is 1. The molecule has 2 amide bonds. The summed E-state index contributed by atoms with van der Waals surface area (Å²) in [5.74, 6) is -0.288. The van der Waals surface area contributed by atoms with Crippen LogP contribution in [0.3, 0.4) is 0 Å². The number of halogens is 2. The van der Waals surface area contributed by atoms with Gasteiger partial charge in [0.2, 0.25) is 11.8 Å². The first-order valence-corrected chi connectivity index (χ1v) is 15.5. The van der Waals surface area contributed by atoms with Crippen molar-refractivity contribution in [1.82, 2.24) is 10.2 Å². The zero-order chi connectivity index (χ0) is 30.9. The average Bonchev–Trinajstić information content (AvgIpc) is 2.99. The number of unbranched alkanes of at least 4 members (excludes halogenated alkanes) is 1. The molecule has 0 saturated heterocycles. The summed E-state index contributed by atoms with van der Waals surface area (Å²) in [6.45, 7) is 3.45. The van der Waals surface area contributed by atoms with Crippen LogP contribution in [0, 0.1) is 0 Å². The smallest absolute Gasteiger partial charge is 0.264 e. The van der Waals surface area contributed by atoms with Crippen LogP contribution < -0.4 is 19.1 Å². The predicted octanol–water partition coefficient (Wildman–Crippen LogP) is 5.54. The van der Waals surface area contributed by atoms with Crippen molar-refractivity contribution in [3.8, 4) is 11.5 Å². The number of nitrogens with zero attached hydrogens (tertiary/aromatic N) is 2. The minimum Gasteiger partial charge on any atom is -0.493 e. The number of benzene rings is 3. The van der Waals surface area contributed by atoms with E-state index in [1.165, 1.54) is 43.4 Å². The van der Waals surface area contributed by atoms with Gasteiger partial charge in [-0.05, 0) is 55.3 Å². The van der Waals surface area contributed by atoms with Crippen molar-refractivity contribution in [1.29, 1.82) is 0 Å². The highest BCUT2D eigenvalue weighted by atomic mass is 35.5. The molecule has 0 saturated carbocycles. The summed E-state index contributed by atoms with van der Waals surface area (Å²) in [5, 5.41) is 3.49. The lowest BCUT2D eigenvalue weighted by atomic mass is 10.1. The summed E-state index contributed by atoms with van der Waals surface area (Å²) in [6.07, 6.45) is 1.67. The van der Waals surface area contributed by atoms with Crippen molar-refractivity contribution < 1.29 is 27.5 Å². The minimum atomic E-state index is -4.23. The van der Waals surface area contributed by atoms with Crippen LogP contribution >= 0.6 is 23.2 Å². The molecule has 0 aliphatic heterocycles. The molecular formula is C30H35Cl2N3O6S. The highest BCUT2D eigenvalue weighted by molar-refractivity contribution is 7.92. The molecule has 1 atom stereocenters. The van der Waals surface area contributed by atoms with E-state index in [0.717, 1.165) is 17.1 Å². The maximum Gasteiger partial charge on any atom is 0.264 e. The summed E-state index contributed by atoms with van der Waals surface area (Å²) >= 11 is 12.3. The average molecular weight is 637 g/mol. The Kier molecular flexibility index (Phi) is 11.9. The molecule has 1 N–H and O–H groups in total. The zero-order valence-electron chi connectivity index (χ0n) is 24.0. The lowest BCUT2D eigenvalue weighted by Gasteiger charge is -2.32. The fourth-order valence-corrected chi connectivity index (χ4v) is 5.93. The number of carbonyl (C=O) groups is 2. The van der Waals surface area contributed by atoms with E-state index in [2.05, 4.69) is 5.32 Å². The summed E-state index contributed by atoms with van der Waals surface area (Å²) in [6, 6.07) is 16.3. The summed E-state index contributed by atoms with van der Waals surface area (Å²) in [5.41, 5.74) is 0.800. The van der Waals surface area contributed by atoms with Gasteiger partial charge in [0.15, 0.2) is 11.5 Å². The van der Waals surface area contributed by atoms with E-state index >= 15 is 0 Å². The molecule has 3 aromatic rings. The van der Waals surface area contributed by atoms with E-state index in [-0.39, 0.29) is 28.8 Å². The molecule has 12 heteroatoms. The van der Waals surface area contributed by atoms with Gasteiger partial charge in [0.05, 0.1) is 34.8 Å². The molecule has 0 aromatic heterocycles. The van der Waals surface area contributed by atoms with E-state index in [1.807, 2.05) is 6.92 Å². The zero-order valence-corrected chi connectivity index (χ0v) is 26.3. The number of sulfonamides is 1. The molecular weight excluding hydrogens is 601 g/mol. The molecule has 0 radical (unpaired) electrons. The molecule has 0 heterocycles. The standard InChI is InChI=1S/C30H35Cl2N3O6S/c1-5-6-16-33-30(37)21(2)34(19-22-12-14-25(31)26(32)17-22)29(36)20-35(42(38,39)24-10-8-7-9-11-24)23-13-15-27(40-3)28(18-23)41-4/h7-15,17-18,21H,5-6,16,19-20H2,1-4H3,(H,33,37)/t21-/m0/s1. The Hall–Kier alpha value is -3.47. The molecule has 0 aliphatic carbocycles. The van der Waals surface area contributed by atoms with Crippen molar-refractivity contribution in [3.63, 3.8) is 0 Å². The third-order valence-electron chi connectivity index (χ3n) is 6.60. The molecule has 0 spiro atoms. The van der Waals surface area contributed by atoms with Gasteiger partial charge in [-0.15, -0.1) is 0 Å². The number of rotatable bonds is 14. The topological polar surface area (TPSA) is 105 Å². The first-order valence-electron chi connectivity index (χ1n) is 13.3. The van der Waals surface area contributed by atoms with Gasteiger partial charge in [0.1, 0.15) is 12.6 Å². The second-order valence-electron chi connectivity index (χ2n) is 9.45. The number of hydrogen-bond acceptors (Lipinski definition) is 6. The normalized spacial score (nSPS) is 11.9. The number of ether oxygens (including phenoxy) is 2. The first kappa shape index (κ1) is 33.0. The quantitative estimate of drug-likeness (QED) is 0.233. The van der Waals surface area contributed by atoms with Crippen molar-refractivity contribution in [3.05, 3.63) is 82.3 Å². The number of nitrogens with one attached hydrogen (secondary N) is 1. The Morgan fingerprint density at radius 1 is 0.929 bits per heavy atom. The van der Waals surface area contributed by atoms with E-state index in [1.54, 1.807) is 49.4 Å². The summed E-state index contributed by atoms with van der Waals surface area (Å²) in [7, 11) is -1.33. The third-order valence-corrected chi connectivity index (χ3v) is 9.13. The van der Waals surface area contributed by atoms with Crippen LogP contribution in [0.15, 0.2) is 71.6 Å². The number of hydrogen-bond donors (Lipinski definition) is 1. The predicted molar refractivity (Wildman–Crippen MR) is 165 cm³/mol. The van der Waals surface area contributed by atoms with Gasteiger partial charge in [-0.3, -0.25) is 13.9 Å². The Bertz CT molecular complexity index is 1490. The number of carbonyl (C=O) groups excluding carboxylic acids is 2. The lowest BCUT2D eigenvalue weighted by Crippen LogP contribution is -2.51. The highest BCUT2D eigenvalue weighted by Crippen LogP contribution is 2.34. The van der Waals surface area contributed by atoms with E-state index in [0.29, 0.717) is 27.9 Å². The van der Waals surface area contributed by atoms with Crippen LogP contribution in [-0.2, 0) is 26.2 Å². The third kappa shape index (κ3) is 8.08. The second kappa shape index (κ2) is 15.1. The molecule has 3 rings (SSSR count). The fraction of sp³-hybridized carbons (Fsp3) is 0.333. The summed E-state index contributed by atoms with van der Waals surface area (Å²) < 4.78 is 39.6. The van der Waals surface area contributed by atoms with Crippen LogP contribution in [0.2, 0.25) is 10.0 Å². The Balaban J connectivity index is 2.06. The molecule has 42 heavy (non-hydrogen) atoms. The molecule has 0 aliphatic rings. The van der Waals surface area contributed by atoms with Crippen LogP contribution in [0.5, 0.6) is 11.5 Å². The van der Waals surface area contributed by atoms with Gasteiger partial charge in [-0.2, -0.15) is 0 Å². The van der Waals surface area contributed by atoms with Crippen molar-refractivity contribution in [2.45, 2.75) is 44.2 Å². The van der Waals surface area contributed by atoms with Gasteiger partial charge in [0.25, 0.3) is 10.0 Å². The largest absolute Gasteiger partial charge is 0.493 e. The molecule has 226 valence electrons. The van der Waals surface area contributed by atoms with E-state index in [9.17, 15) is 18.0 Å². The van der Waals surface area contributed by atoms with Crippen molar-refractivity contribution in [2.75, 3.05) is 31.6 Å². The van der Waals surface area contributed by atoms with Crippen LogP contribution in [0.1, 0.15) is 32.3 Å². The van der Waals surface area contributed by atoms with Crippen LogP contribution in [-0.4, -0.2) is 58.5 Å². The number of amides is 2. The number of methoxy groups -OCH3 is 2. The van der Waals surface area contributed by atoms with Gasteiger partial charge in [-0.25, -0.2) is 8.42 Å². The minimum absolute atomic E-state index is 0.00558. The molecule has 0 fully saturated rings. The maximum atomic E-state index is 14.0. The monoisotopic (exact) mass is 635 g/mol. The van der Waals surface area contributed by atoms with Gasteiger partial charge < -0.3 is 19.7 Å². The van der Waals surface area contributed by atoms with E-state index < -0.39 is 28.5 Å². The second-order valence-corrected chi connectivity index (χ2v) is 12.1. The Morgan fingerprint density at radius 3 is 2.24 bits per heavy atom. The lowest BCUT2D eigenvalue weighted by molar-refractivity contribution is -0.139. The molecule has 9 nitrogen and oxygen atoms in total. The molecule has 3 aromatic carbocycles. The highest BCUT2D eigenvalue weighted by Gasteiger charge is 2.33. The first-order chi connectivity index (χ1) is 20.0. The SMILES string of the molecule is CCCCNC(=O)[C@H](C)N(Cc1ccc(Cl)c(Cl)c1)C(=O)CN(c1ccc(OC)c(OC)c1)S(=O)(=O)c1ccccc1. The molecule has 0 unspecified atom stereocenters. The van der Waals surface area contributed by atoms with Crippen molar-refractivity contribution >= 4 is 50.7 Å². The van der Waals surface area contributed by atoms with Gasteiger partial charge in [-0.1, -0.05) is 60.8 Å². The summed E-state index contributed by atoms with van der Waals surface area (Å²) in [4.78, 5) is 28.5. The molecule has 0 bridgehead atoms. The fourth-order valence-electron chi connectivity index (χ4n) is 4.18. The van der Waals surface area contributed by atoms with Crippen LogP contribution in [0.4, 0.5) is 5.69 Å². The van der Waals surface area contributed by atoms with Crippen LogP contribution in [0.25, 0.3) is 0 Å². The van der Waals surface area contributed by atoms with Gasteiger partial charge >= 0.3 is 0 Å². The Labute approximate surface area is 257 Å². The van der Waals surface area contributed by atoms with E-state index in [4.69, 9.17) is 32.7 Å².